The van der Waals surface area contributed by atoms with Crippen LogP contribution in [0.25, 0.3) is 0 Å². The Kier molecular flexibility index (Phi) is 3.16. The number of hydrogen-bond acceptors (Lipinski definition) is 4. The molecule has 0 amide bonds. The lowest BCUT2D eigenvalue weighted by atomic mass is 10.4. The van der Waals surface area contributed by atoms with E-state index in [4.69, 9.17) is 18.9 Å². The molecule has 0 aromatic rings. The highest BCUT2D eigenvalue weighted by molar-refractivity contribution is 4.79. The maximum absolute atomic E-state index is 5.34. The van der Waals surface area contributed by atoms with Crippen molar-refractivity contribution < 1.29 is 18.9 Å². The van der Waals surface area contributed by atoms with Gasteiger partial charge in [-0.2, -0.15) is 0 Å². The third-order valence-corrected chi connectivity index (χ3v) is 2.20. The van der Waals surface area contributed by atoms with Crippen LogP contribution in [-0.2, 0) is 18.9 Å². The molecule has 2 aliphatic heterocycles. The number of hydrogen-bond donors (Lipinski definition) is 0. The number of rotatable bonds is 7. The molecule has 2 rings (SSSR count). The fraction of sp³-hybridized carbons (Fsp3) is 1.00. The minimum absolute atomic E-state index is 0.326. The van der Waals surface area contributed by atoms with Crippen molar-refractivity contribution in [1.29, 1.82) is 0 Å². The fourth-order valence-corrected chi connectivity index (χ4v) is 1.10. The molecule has 2 aliphatic rings. The van der Waals surface area contributed by atoms with Crippen LogP contribution in [0.3, 0.4) is 0 Å². The van der Waals surface area contributed by atoms with Crippen molar-refractivity contribution in [2.75, 3.05) is 33.0 Å². The lowest BCUT2D eigenvalue weighted by Gasteiger charge is -2.02. The minimum atomic E-state index is 0.326. The van der Waals surface area contributed by atoms with Crippen molar-refractivity contribution in [2.45, 2.75) is 25.2 Å². The van der Waals surface area contributed by atoms with Crippen molar-refractivity contribution in [1.82, 2.24) is 0 Å². The highest BCUT2D eigenvalue weighted by Crippen LogP contribution is 2.20. The molecule has 2 heterocycles. The zero-order valence-electron chi connectivity index (χ0n) is 7.90. The van der Waals surface area contributed by atoms with E-state index in [2.05, 4.69) is 6.92 Å². The average molecular weight is 188 g/mol. The lowest BCUT2D eigenvalue weighted by molar-refractivity contribution is 0.0366. The monoisotopic (exact) mass is 188 g/mol. The van der Waals surface area contributed by atoms with Gasteiger partial charge in [-0.15, -0.1) is 0 Å². The SMILES string of the molecule is CC1OC1COCCOCC1CO1. The molecule has 3 atom stereocenters. The van der Waals surface area contributed by atoms with Crippen LogP contribution in [0.1, 0.15) is 6.92 Å². The molecule has 2 saturated heterocycles. The Bertz CT molecular complexity index is 158. The van der Waals surface area contributed by atoms with E-state index in [-0.39, 0.29) is 0 Å². The lowest BCUT2D eigenvalue weighted by Crippen LogP contribution is -2.11. The second-order valence-electron chi connectivity index (χ2n) is 3.48. The quantitative estimate of drug-likeness (QED) is 0.423. The van der Waals surface area contributed by atoms with Gasteiger partial charge < -0.3 is 18.9 Å². The van der Waals surface area contributed by atoms with Crippen LogP contribution in [0, 0.1) is 0 Å². The molecule has 4 heteroatoms. The first kappa shape index (κ1) is 9.40. The van der Waals surface area contributed by atoms with Gasteiger partial charge in [-0.05, 0) is 6.92 Å². The first-order valence-electron chi connectivity index (χ1n) is 4.79. The normalized spacial score (nSPS) is 36.2. The van der Waals surface area contributed by atoms with E-state index < -0.39 is 0 Å². The van der Waals surface area contributed by atoms with Crippen LogP contribution in [0.15, 0.2) is 0 Å². The smallest absolute Gasteiger partial charge is 0.107 e. The van der Waals surface area contributed by atoms with E-state index >= 15 is 0 Å². The van der Waals surface area contributed by atoms with Gasteiger partial charge in [-0.1, -0.05) is 0 Å². The molecule has 0 aromatic heterocycles. The molecule has 0 spiro atoms. The summed E-state index contributed by atoms with van der Waals surface area (Å²) in [6, 6.07) is 0. The zero-order valence-corrected chi connectivity index (χ0v) is 7.90. The van der Waals surface area contributed by atoms with Gasteiger partial charge in [0.05, 0.1) is 39.1 Å². The summed E-state index contributed by atoms with van der Waals surface area (Å²) in [5.74, 6) is 0. The first-order chi connectivity index (χ1) is 6.36. The van der Waals surface area contributed by atoms with Crippen molar-refractivity contribution in [3.05, 3.63) is 0 Å². The van der Waals surface area contributed by atoms with Crippen LogP contribution in [0.2, 0.25) is 0 Å². The standard InChI is InChI=1S/C9H16O4/c1-7-9(13-7)6-11-3-2-10-4-8-5-12-8/h7-9H,2-6H2,1H3. The molecular formula is C9H16O4. The summed E-state index contributed by atoms with van der Waals surface area (Å²) in [7, 11) is 0. The largest absolute Gasteiger partial charge is 0.376 e. The minimum Gasteiger partial charge on any atom is -0.376 e. The third kappa shape index (κ3) is 3.60. The second kappa shape index (κ2) is 4.37. The van der Waals surface area contributed by atoms with Gasteiger partial charge in [0.15, 0.2) is 0 Å². The second-order valence-corrected chi connectivity index (χ2v) is 3.48. The Morgan fingerprint density at radius 3 is 2.38 bits per heavy atom. The molecule has 76 valence electrons. The van der Waals surface area contributed by atoms with Gasteiger partial charge in [0.2, 0.25) is 0 Å². The zero-order chi connectivity index (χ0) is 9.10. The van der Waals surface area contributed by atoms with E-state index in [1.807, 2.05) is 0 Å². The Labute approximate surface area is 78.1 Å². The summed E-state index contributed by atoms with van der Waals surface area (Å²) in [5.41, 5.74) is 0. The Morgan fingerprint density at radius 2 is 1.85 bits per heavy atom. The highest BCUT2D eigenvalue weighted by Gasteiger charge is 2.33. The van der Waals surface area contributed by atoms with E-state index in [1.54, 1.807) is 0 Å². The van der Waals surface area contributed by atoms with Gasteiger partial charge in [-0.3, -0.25) is 0 Å². The Morgan fingerprint density at radius 1 is 1.23 bits per heavy atom. The first-order valence-corrected chi connectivity index (χ1v) is 4.79. The summed E-state index contributed by atoms with van der Waals surface area (Å²) >= 11 is 0. The van der Waals surface area contributed by atoms with Crippen molar-refractivity contribution in [3.63, 3.8) is 0 Å². The summed E-state index contributed by atoms with van der Waals surface area (Å²) in [6.45, 7) is 5.62. The van der Waals surface area contributed by atoms with E-state index in [0.717, 1.165) is 6.61 Å². The molecule has 2 fully saturated rings. The molecule has 4 nitrogen and oxygen atoms in total. The van der Waals surface area contributed by atoms with Crippen LogP contribution in [-0.4, -0.2) is 51.3 Å². The van der Waals surface area contributed by atoms with Crippen LogP contribution in [0.4, 0.5) is 0 Å². The molecule has 0 aliphatic carbocycles. The van der Waals surface area contributed by atoms with Gasteiger partial charge in [0, 0.05) is 0 Å². The van der Waals surface area contributed by atoms with Gasteiger partial charge in [0.25, 0.3) is 0 Å². The predicted octanol–water partition coefficient (Wildman–Crippen LogP) is 0.206. The summed E-state index contributed by atoms with van der Waals surface area (Å²) in [6.07, 6.45) is 1.07. The number of ether oxygens (including phenoxy) is 4. The highest BCUT2D eigenvalue weighted by atomic mass is 16.6. The van der Waals surface area contributed by atoms with Crippen LogP contribution >= 0.6 is 0 Å². The maximum atomic E-state index is 5.34. The summed E-state index contributed by atoms with van der Waals surface area (Å²) < 4.78 is 20.8. The average Bonchev–Trinajstić information content (AvgIpc) is 2.97. The topological polar surface area (TPSA) is 43.5 Å². The molecular weight excluding hydrogens is 172 g/mol. The van der Waals surface area contributed by atoms with E-state index in [9.17, 15) is 0 Å². The van der Waals surface area contributed by atoms with Crippen LogP contribution in [0.5, 0.6) is 0 Å². The Balaban J connectivity index is 1.32. The summed E-state index contributed by atoms with van der Waals surface area (Å²) in [5, 5.41) is 0. The van der Waals surface area contributed by atoms with Gasteiger partial charge >= 0.3 is 0 Å². The molecule has 0 aromatic carbocycles. The molecule has 3 unspecified atom stereocenters. The van der Waals surface area contributed by atoms with Crippen molar-refractivity contribution >= 4 is 0 Å². The van der Waals surface area contributed by atoms with Crippen LogP contribution < -0.4 is 0 Å². The molecule has 0 radical (unpaired) electrons. The molecule has 0 N–H and O–H groups in total. The molecule has 0 bridgehead atoms. The maximum Gasteiger partial charge on any atom is 0.107 e. The predicted molar refractivity (Wildman–Crippen MR) is 45.7 cm³/mol. The number of epoxide rings is 2. The van der Waals surface area contributed by atoms with Gasteiger partial charge in [-0.25, -0.2) is 0 Å². The van der Waals surface area contributed by atoms with E-state index in [0.29, 0.717) is 44.7 Å². The summed E-state index contributed by atoms with van der Waals surface area (Å²) in [4.78, 5) is 0. The van der Waals surface area contributed by atoms with E-state index in [1.165, 1.54) is 0 Å². The molecule has 0 saturated carbocycles. The van der Waals surface area contributed by atoms with Crippen molar-refractivity contribution in [3.8, 4) is 0 Å². The van der Waals surface area contributed by atoms with Gasteiger partial charge in [0.1, 0.15) is 12.2 Å². The Hall–Kier alpha value is -0.160. The molecule has 13 heavy (non-hydrogen) atoms. The van der Waals surface area contributed by atoms with Crippen molar-refractivity contribution in [2.24, 2.45) is 0 Å². The fourth-order valence-electron chi connectivity index (χ4n) is 1.10. The third-order valence-electron chi connectivity index (χ3n) is 2.20.